The quantitative estimate of drug-likeness (QED) is 0.496. The minimum absolute atomic E-state index is 0.440. The number of aliphatic hydroxyl groups is 1. The average molecular weight is 189 g/mol. The van der Waals surface area contributed by atoms with E-state index in [1.165, 1.54) is 0 Å². The molecule has 1 nitrogen and oxygen atoms in total. The molecular formula is C5H7Cl3O. The second kappa shape index (κ2) is 3.11. The maximum absolute atomic E-state index is 8.97. The number of rotatable bonds is 1. The second-order valence-electron chi connectivity index (χ2n) is 1.79. The molecule has 0 radical (unpaired) electrons. The zero-order valence-corrected chi connectivity index (χ0v) is 7.13. The predicted molar refractivity (Wildman–Crippen MR) is 41.1 cm³/mol. The molecule has 0 saturated carbocycles. The van der Waals surface area contributed by atoms with Gasteiger partial charge < -0.3 is 5.11 Å². The van der Waals surface area contributed by atoms with Crippen LogP contribution in [0.25, 0.3) is 0 Å². The molecular weight excluding hydrogens is 182 g/mol. The molecule has 0 amide bonds. The van der Waals surface area contributed by atoms with Crippen LogP contribution in [0.1, 0.15) is 6.92 Å². The Morgan fingerprint density at radius 1 is 1.56 bits per heavy atom. The van der Waals surface area contributed by atoms with Gasteiger partial charge in [-0.1, -0.05) is 41.4 Å². The van der Waals surface area contributed by atoms with Crippen LogP contribution in [0.2, 0.25) is 0 Å². The van der Waals surface area contributed by atoms with E-state index in [0.717, 1.165) is 0 Å². The first kappa shape index (κ1) is 9.57. The molecule has 0 spiro atoms. The second-order valence-corrected chi connectivity index (χ2v) is 4.16. The van der Waals surface area contributed by atoms with Crippen LogP contribution >= 0.6 is 34.8 Å². The molecule has 0 bridgehead atoms. The molecule has 0 aliphatic rings. The third-order valence-corrected chi connectivity index (χ3v) is 1.40. The molecule has 0 aromatic rings. The maximum atomic E-state index is 8.97. The van der Waals surface area contributed by atoms with Crippen molar-refractivity contribution in [3.63, 3.8) is 0 Å². The first-order valence-electron chi connectivity index (χ1n) is 2.26. The van der Waals surface area contributed by atoms with Crippen molar-refractivity contribution in [2.75, 3.05) is 0 Å². The van der Waals surface area contributed by atoms with E-state index in [0.29, 0.717) is 5.57 Å². The summed E-state index contributed by atoms with van der Waals surface area (Å²) in [7, 11) is 0. The highest BCUT2D eigenvalue weighted by Crippen LogP contribution is 2.32. The van der Waals surface area contributed by atoms with E-state index < -0.39 is 9.90 Å². The van der Waals surface area contributed by atoms with Gasteiger partial charge in [0.2, 0.25) is 3.79 Å². The van der Waals surface area contributed by atoms with Gasteiger partial charge in [-0.25, -0.2) is 0 Å². The van der Waals surface area contributed by atoms with Crippen LogP contribution in [-0.4, -0.2) is 15.0 Å². The summed E-state index contributed by atoms with van der Waals surface area (Å²) in [4.78, 5) is 0. The summed E-state index contributed by atoms with van der Waals surface area (Å²) in [6.07, 6.45) is -1.08. The van der Waals surface area contributed by atoms with Crippen molar-refractivity contribution in [3.8, 4) is 0 Å². The normalized spacial score (nSPS) is 15.2. The fraction of sp³-hybridized carbons (Fsp3) is 0.600. The van der Waals surface area contributed by atoms with Gasteiger partial charge in [-0.15, -0.1) is 0 Å². The topological polar surface area (TPSA) is 20.2 Å². The number of aliphatic hydroxyl groups excluding tert-OH is 1. The van der Waals surface area contributed by atoms with Gasteiger partial charge in [0.05, 0.1) is 0 Å². The number of halogens is 3. The van der Waals surface area contributed by atoms with E-state index in [4.69, 9.17) is 39.9 Å². The minimum Gasteiger partial charge on any atom is -0.384 e. The zero-order chi connectivity index (χ0) is 7.65. The standard InChI is InChI=1S/C5H7Cl3O/c1-3(2)4(9)5(6,7)8/h4,9H,1H2,2H3. The first-order valence-corrected chi connectivity index (χ1v) is 3.39. The summed E-state index contributed by atoms with van der Waals surface area (Å²) in [6, 6.07) is 0. The highest BCUT2D eigenvalue weighted by Gasteiger charge is 2.30. The van der Waals surface area contributed by atoms with Crippen LogP contribution in [0.15, 0.2) is 12.2 Å². The van der Waals surface area contributed by atoms with Gasteiger partial charge in [0.25, 0.3) is 0 Å². The van der Waals surface area contributed by atoms with Gasteiger partial charge in [0, 0.05) is 0 Å². The molecule has 9 heavy (non-hydrogen) atoms. The fourth-order valence-electron chi connectivity index (χ4n) is 0.279. The van der Waals surface area contributed by atoms with Gasteiger partial charge in [0.15, 0.2) is 0 Å². The Balaban J connectivity index is 4.04. The smallest absolute Gasteiger partial charge is 0.219 e. The first-order chi connectivity index (χ1) is 3.85. The Morgan fingerprint density at radius 3 is 1.89 bits per heavy atom. The van der Waals surface area contributed by atoms with E-state index in [9.17, 15) is 0 Å². The summed E-state index contributed by atoms with van der Waals surface area (Å²) in [5.41, 5.74) is 0.440. The highest BCUT2D eigenvalue weighted by atomic mass is 35.6. The molecule has 0 aliphatic carbocycles. The lowest BCUT2D eigenvalue weighted by molar-refractivity contribution is 0.216. The summed E-state index contributed by atoms with van der Waals surface area (Å²) in [5, 5.41) is 8.97. The largest absolute Gasteiger partial charge is 0.384 e. The van der Waals surface area contributed by atoms with Crippen molar-refractivity contribution in [3.05, 3.63) is 12.2 Å². The molecule has 1 atom stereocenters. The van der Waals surface area contributed by atoms with E-state index in [1.807, 2.05) is 0 Å². The lowest BCUT2D eigenvalue weighted by Gasteiger charge is -2.18. The molecule has 4 heteroatoms. The third kappa shape index (κ3) is 3.31. The molecule has 0 aliphatic heterocycles. The number of hydrogen-bond donors (Lipinski definition) is 1. The Hall–Kier alpha value is 0.570. The molecule has 0 fully saturated rings. The predicted octanol–water partition coefficient (Wildman–Crippen LogP) is 2.29. The van der Waals surface area contributed by atoms with E-state index in [-0.39, 0.29) is 0 Å². The van der Waals surface area contributed by atoms with Crippen LogP contribution in [-0.2, 0) is 0 Å². The number of alkyl halides is 3. The van der Waals surface area contributed by atoms with Crippen molar-refractivity contribution < 1.29 is 5.11 Å². The zero-order valence-electron chi connectivity index (χ0n) is 4.87. The summed E-state index contributed by atoms with van der Waals surface area (Å²) >= 11 is 15.9. The lowest BCUT2D eigenvalue weighted by Crippen LogP contribution is -2.25. The van der Waals surface area contributed by atoms with Crippen molar-refractivity contribution in [2.24, 2.45) is 0 Å². The summed E-state index contributed by atoms with van der Waals surface area (Å²) < 4.78 is -1.65. The lowest BCUT2D eigenvalue weighted by atomic mass is 10.2. The number of hydrogen-bond acceptors (Lipinski definition) is 1. The summed E-state index contributed by atoms with van der Waals surface area (Å²) in [5.74, 6) is 0. The SMILES string of the molecule is C=C(C)C(O)C(Cl)(Cl)Cl. The van der Waals surface area contributed by atoms with Crippen LogP contribution in [0.4, 0.5) is 0 Å². The Kier molecular flexibility index (Phi) is 3.30. The Bertz CT molecular complexity index is 116. The van der Waals surface area contributed by atoms with Gasteiger partial charge in [-0.05, 0) is 12.5 Å². The highest BCUT2D eigenvalue weighted by molar-refractivity contribution is 6.68. The Labute approximate surface area is 69.2 Å². The van der Waals surface area contributed by atoms with Crippen LogP contribution in [0.3, 0.4) is 0 Å². The van der Waals surface area contributed by atoms with Crippen LogP contribution in [0, 0.1) is 0 Å². The molecule has 0 rings (SSSR count). The average Bonchev–Trinajstić information content (AvgIpc) is 1.62. The molecule has 0 saturated heterocycles. The maximum Gasteiger partial charge on any atom is 0.219 e. The van der Waals surface area contributed by atoms with Gasteiger partial charge >= 0.3 is 0 Å². The van der Waals surface area contributed by atoms with Crippen LogP contribution < -0.4 is 0 Å². The van der Waals surface area contributed by atoms with E-state index in [2.05, 4.69) is 6.58 Å². The van der Waals surface area contributed by atoms with Crippen LogP contribution in [0.5, 0.6) is 0 Å². The molecule has 0 aromatic heterocycles. The van der Waals surface area contributed by atoms with Gasteiger partial charge in [-0.3, -0.25) is 0 Å². The molecule has 1 N–H and O–H groups in total. The van der Waals surface area contributed by atoms with Crippen molar-refractivity contribution >= 4 is 34.8 Å². The molecule has 1 unspecified atom stereocenters. The minimum atomic E-state index is -1.65. The van der Waals surface area contributed by atoms with Gasteiger partial charge in [0.1, 0.15) is 6.10 Å². The fourth-order valence-corrected chi connectivity index (χ4v) is 0.838. The third-order valence-electron chi connectivity index (χ3n) is 0.777. The van der Waals surface area contributed by atoms with E-state index >= 15 is 0 Å². The van der Waals surface area contributed by atoms with Crippen molar-refractivity contribution in [1.29, 1.82) is 0 Å². The molecule has 0 aromatic carbocycles. The molecule has 54 valence electrons. The van der Waals surface area contributed by atoms with Crippen molar-refractivity contribution in [2.45, 2.75) is 16.8 Å². The van der Waals surface area contributed by atoms with Crippen molar-refractivity contribution in [1.82, 2.24) is 0 Å². The van der Waals surface area contributed by atoms with E-state index in [1.54, 1.807) is 6.92 Å². The summed E-state index contributed by atoms with van der Waals surface area (Å²) in [6.45, 7) is 5.01. The monoisotopic (exact) mass is 188 g/mol. The van der Waals surface area contributed by atoms with Gasteiger partial charge in [-0.2, -0.15) is 0 Å². The Morgan fingerprint density at radius 2 is 1.89 bits per heavy atom. The molecule has 0 heterocycles.